The highest BCUT2D eigenvalue weighted by atomic mass is 19.3. The number of amides is 2. The van der Waals surface area contributed by atoms with Crippen LogP contribution in [-0.4, -0.2) is 19.2 Å². The molecule has 4 nitrogen and oxygen atoms in total. The van der Waals surface area contributed by atoms with Gasteiger partial charge in [0, 0.05) is 18.3 Å². The van der Waals surface area contributed by atoms with Crippen LogP contribution in [0, 0.1) is 0 Å². The minimum Gasteiger partial charge on any atom is -0.435 e. The maximum Gasteiger partial charge on any atom is 0.387 e. The number of hydrogen-bond acceptors (Lipinski definition) is 2. The van der Waals surface area contributed by atoms with Crippen LogP contribution in [0.3, 0.4) is 0 Å². The Morgan fingerprint density at radius 1 is 1.53 bits per heavy atom. The number of hydrogen-bond donors (Lipinski definition) is 2. The Bertz CT molecular complexity index is 397. The van der Waals surface area contributed by atoms with Crippen LogP contribution in [-0.2, 0) is 0 Å². The van der Waals surface area contributed by atoms with Crippen LogP contribution >= 0.6 is 0 Å². The number of carbonyl (C=O) groups excluding carboxylic acids is 1. The van der Waals surface area contributed by atoms with Crippen molar-refractivity contribution in [1.82, 2.24) is 5.32 Å². The molecule has 0 aromatic heterocycles. The fourth-order valence-corrected chi connectivity index (χ4v) is 1.09. The summed E-state index contributed by atoms with van der Waals surface area (Å²) < 4.78 is 28.1. The lowest BCUT2D eigenvalue weighted by atomic mass is 10.3. The maximum absolute atomic E-state index is 11.9. The number of alkyl halides is 2. The Morgan fingerprint density at radius 3 is 2.94 bits per heavy atom. The molecule has 0 saturated heterocycles. The Kier molecular flexibility index (Phi) is 4.93. The lowest BCUT2D eigenvalue weighted by Gasteiger charge is -2.08. The molecule has 0 radical (unpaired) electrons. The van der Waals surface area contributed by atoms with Gasteiger partial charge in [0.2, 0.25) is 0 Å². The zero-order chi connectivity index (χ0) is 12.7. The summed E-state index contributed by atoms with van der Waals surface area (Å²) in [4.78, 5) is 11.2. The summed E-state index contributed by atoms with van der Waals surface area (Å²) in [5.74, 6) is -0.0125. The van der Waals surface area contributed by atoms with E-state index < -0.39 is 12.6 Å². The smallest absolute Gasteiger partial charge is 0.387 e. The topological polar surface area (TPSA) is 50.4 Å². The molecule has 0 heterocycles. The molecular weight excluding hydrogens is 230 g/mol. The van der Waals surface area contributed by atoms with E-state index in [1.807, 2.05) is 0 Å². The van der Waals surface area contributed by atoms with E-state index in [9.17, 15) is 13.6 Å². The standard InChI is InChI=1S/C11H12F2N2O2/c1-2-6-14-11(16)15-8-4-3-5-9(7-8)17-10(12)13/h2-5,7,10H,1,6H2,(H2,14,15,16). The van der Waals surface area contributed by atoms with Gasteiger partial charge >= 0.3 is 12.6 Å². The summed E-state index contributed by atoms with van der Waals surface area (Å²) in [6.45, 7) is 0.870. The molecule has 0 aliphatic rings. The van der Waals surface area contributed by atoms with Gasteiger partial charge in [-0.15, -0.1) is 6.58 Å². The molecule has 0 aliphatic heterocycles. The van der Waals surface area contributed by atoms with E-state index in [0.29, 0.717) is 12.2 Å². The number of anilines is 1. The summed E-state index contributed by atoms with van der Waals surface area (Å²) in [6.07, 6.45) is 1.52. The van der Waals surface area contributed by atoms with Crippen molar-refractivity contribution in [2.75, 3.05) is 11.9 Å². The minimum atomic E-state index is -2.89. The predicted molar refractivity (Wildman–Crippen MR) is 60.3 cm³/mol. The molecule has 92 valence electrons. The second kappa shape index (κ2) is 6.47. The van der Waals surface area contributed by atoms with Crippen LogP contribution in [0.5, 0.6) is 5.75 Å². The van der Waals surface area contributed by atoms with Gasteiger partial charge in [0.15, 0.2) is 0 Å². The molecule has 1 rings (SSSR count). The van der Waals surface area contributed by atoms with Gasteiger partial charge in [-0.05, 0) is 12.1 Å². The van der Waals surface area contributed by atoms with Gasteiger partial charge in [0.05, 0.1) is 0 Å². The molecule has 0 saturated carbocycles. The molecule has 2 amide bonds. The average Bonchev–Trinajstić information content (AvgIpc) is 2.26. The summed E-state index contributed by atoms with van der Waals surface area (Å²) in [5.41, 5.74) is 0.365. The van der Waals surface area contributed by atoms with Crippen molar-refractivity contribution in [3.8, 4) is 5.75 Å². The fourth-order valence-electron chi connectivity index (χ4n) is 1.09. The lowest BCUT2D eigenvalue weighted by molar-refractivity contribution is -0.0497. The molecule has 1 aromatic rings. The molecule has 17 heavy (non-hydrogen) atoms. The predicted octanol–water partition coefficient (Wildman–Crippen LogP) is 2.60. The van der Waals surface area contributed by atoms with Crippen molar-refractivity contribution in [1.29, 1.82) is 0 Å². The number of carbonyl (C=O) groups is 1. The Balaban J connectivity index is 2.58. The average molecular weight is 242 g/mol. The van der Waals surface area contributed by atoms with Gasteiger partial charge < -0.3 is 15.4 Å². The van der Waals surface area contributed by atoms with E-state index >= 15 is 0 Å². The van der Waals surface area contributed by atoms with Crippen molar-refractivity contribution in [3.05, 3.63) is 36.9 Å². The number of nitrogens with one attached hydrogen (secondary N) is 2. The Labute approximate surface area is 97.3 Å². The minimum absolute atomic E-state index is 0.0125. The molecular formula is C11H12F2N2O2. The third kappa shape index (κ3) is 4.96. The van der Waals surface area contributed by atoms with Crippen LogP contribution in [0.4, 0.5) is 19.3 Å². The van der Waals surface area contributed by atoms with Crippen molar-refractivity contribution in [3.63, 3.8) is 0 Å². The fraction of sp³-hybridized carbons (Fsp3) is 0.182. The second-order valence-corrected chi connectivity index (χ2v) is 3.03. The normalized spacial score (nSPS) is 9.82. The van der Waals surface area contributed by atoms with Gasteiger partial charge in [-0.1, -0.05) is 12.1 Å². The van der Waals surface area contributed by atoms with Crippen molar-refractivity contribution in [2.45, 2.75) is 6.61 Å². The first-order valence-corrected chi connectivity index (χ1v) is 4.82. The van der Waals surface area contributed by atoms with Crippen LogP contribution in [0.2, 0.25) is 0 Å². The first-order valence-electron chi connectivity index (χ1n) is 4.82. The number of benzene rings is 1. The lowest BCUT2D eigenvalue weighted by Crippen LogP contribution is -2.28. The quantitative estimate of drug-likeness (QED) is 0.780. The number of rotatable bonds is 5. The largest absolute Gasteiger partial charge is 0.435 e. The molecule has 0 unspecified atom stereocenters. The van der Waals surface area contributed by atoms with Crippen LogP contribution < -0.4 is 15.4 Å². The molecule has 1 aromatic carbocycles. The Hall–Kier alpha value is -2.11. The highest BCUT2D eigenvalue weighted by Crippen LogP contribution is 2.18. The number of halogens is 2. The van der Waals surface area contributed by atoms with Crippen LogP contribution in [0.1, 0.15) is 0 Å². The van der Waals surface area contributed by atoms with E-state index in [1.54, 1.807) is 6.07 Å². The number of ether oxygens (including phenoxy) is 1. The third-order valence-electron chi connectivity index (χ3n) is 1.72. The summed E-state index contributed by atoms with van der Waals surface area (Å²) in [7, 11) is 0. The van der Waals surface area contributed by atoms with E-state index in [-0.39, 0.29) is 5.75 Å². The van der Waals surface area contributed by atoms with Gasteiger partial charge in [-0.2, -0.15) is 8.78 Å². The molecule has 0 aliphatic carbocycles. The third-order valence-corrected chi connectivity index (χ3v) is 1.72. The monoisotopic (exact) mass is 242 g/mol. The summed E-state index contributed by atoms with van der Waals surface area (Å²) in [5, 5.41) is 4.95. The second-order valence-electron chi connectivity index (χ2n) is 3.03. The summed E-state index contributed by atoms with van der Waals surface area (Å²) >= 11 is 0. The van der Waals surface area contributed by atoms with Crippen LogP contribution in [0.15, 0.2) is 36.9 Å². The molecule has 0 atom stereocenters. The zero-order valence-electron chi connectivity index (χ0n) is 8.95. The first kappa shape index (κ1) is 13.0. The van der Waals surface area contributed by atoms with E-state index in [2.05, 4.69) is 21.9 Å². The highest BCUT2D eigenvalue weighted by molar-refractivity contribution is 5.89. The van der Waals surface area contributed by atoms with Crippen molar-refractivity contribution in [2.24, 2.45) is 0 Å². The van der Waals surface area contributed by atoms with Crippen LogP contribution in [0.25, 0.3) is 0 Å². The molecule has 0 fully saturated rings. The van der Waals surface area contributed by atoms with Gasteiger partial charge in [0.1, 0.15) is 5.75 Å². The molecule has 0 bridgehead atoms. The van der Waals surface area contributed by atoms with Gasteiger partial charge in [0.25, 0.3) is 0 Å². The van der Waals surface area contributed by atoms with Crippen molar-refractivity contribution < 1.29 is 18.3 Å². The highest BCUT2D eigenvalue weighted by Gasteiger charge is 2.05. The molecule has 6 heteroatoms. The van der Waals surface area contributed by atoms with E-state index in [4.69, 9.17) is 0 Å². The van der Waals surface area contributed by atoms with Gasteiger partial charge in [-0.25, -0.2) is 4.79 Å². The molecule has 2 N–H and O–H groups in total. The SMILES string of the molecule is C=CCNC(=O)Nc1cccc(OC(F)F)c1. The first-order chi connectivity index (χ1) is 8.11. The Morgan fingerprint density at radius 2 is 2.29 bits per heavy atom. The number of urea groups is 1. The zero-order valence-corrected chi connectivity index (χ0v) is 8.95. The van der Waals surface area contributed by atoms with E-state index in [1.165, 1.54) is 24.3 Å². The molecule has 0 spiro atoms. The van der Waals surface area contributed by atoms with Gasteiger partial charge in [-0.3, -0.25) is 0 Å². The van der Waals surface area contributed by atoms with E-state index in [0.717, 1.165) is 0 Å². The van der Waals surface area contributed by atoms with Crippen molar-refractivity contribution >= 4 is 11.7 Å². The summed E-state index contributed by atoms with van der Waals surface area (Å²) in [6, 6.07) is 5.30. The maximum atomic E-state index is 11.9.